The fraction of sp³-hybridized carbons (Fsp3) is 0.269. The molecule has 1 amide bonds. The number of aromatic amines is 1. The summed E-state index contributed by atoms with van der Waals surface area (Å²) in [6.45, 7) is 1.03. The number of amides is 1. The molecule has 2 aromatic carbocycles. The normalized spacial score (nSPS) is 10.9. The molecule has 4 aromatic rings. The summed E-state index contributed by atoms with van der Waals surface area (Å²) in [5.74, 6) is 1.18. The van der Waals surface area contributed by atoms with Crippen molar-refractivity contribution in [1.29, 1.82) is 0 Å². The first-order chi connectivity index (χ1) is 17.1. The Kier molecular flexibility index (Phi) is 7.47. The summed E-state index contributed by atoms with van der Waals surface area (Å²) in [7, 11) is 6.28. The van der Waals surface area contributed by atoms with Gasteiger partial charge in [-0.15, -0.1) is 0 Å². The van der Waals surface area contributed by atoms with Crippen LogP contribution in [0.25, 0.3) is 33.5 Å². The molecular weight excluding hydrogens is 448 g/mol. The number of nitrogens with zero attached hydrogens (tertiary/aromatic N) is 2. The van der Waals surface area contributed by atoms with Gasteiger partial charge in [0.1, 0.15) is 0 Å². The predicted molar refractivity (Wildman–Crippen MR) is 133 cm³/mol. The van der Waals surface area contributed by atoms with Crippen LogP contribution in [0.1, 0.15) is 16.8 Å². The van der Waals surface area contributed by atoms with Crippen LogP contribution in [0.4, 0.5) is 0 Å². The molecule has 0 aliphatic rings. The summed E-state index contributed by atoms with van der Waals surface area (Å²) in [6, 6.07) is 15.1. The third-order valence-electron chi connectivity index (χ3n) is 5.62. The summed E-state index contributed by atoms with van der Waals surface area (Å²) in [5, 5.41) is 11.1. The fourth-order valence-corrected chi connectivity index (χ4v) is 3.97. The summed E-state index contributed by atoms with van der Waals surface area (Å²) < 4.78 is 21.7. The molecule has 2 aromatic heterocycles. The molecule has 9 heteroatoms. The topological polar surface area (TPSA) is 108 Å². The number of pyridine rings is 1. The molecule has 0 saturated carbocycles. The van der Waals surface area contributed by atoms with E-state index < -0.39 is 0 Å². The molecule has 0 aliphatic carbocycles. The fourth-order valence-electron chi connectivity index (χ4n) is 3.97. The van der Waals surface area contributed by atoms with Gasteiger partial charge in [-0.05, 0) is 24.6 Å². The maximum Gasteiger partial charge on any atom is 0.252 e. The first-order valence-corrected chi connectivity index (χ1v) is 11.1. The van der Waals surface area contributed by atoms with E-state index in [1.54, 1.807) is 40.6 Å². The molecule has 0 saturated heterocycles. The van der Waals surface area contributed by atoms with Gasteiger partial charge in [-0.3, -0.25) is 9.89 Å². The van der Waals surface area contributed by atoms with Crippen LogP contribution in [0.3, 0.4) is 0 Å². The van der Waals surface area contributed by atoms with Crippen molar-refractivity contribution in [3.8, 4) is 39.8 Å². The third-order valence-corrected chi connectivity index (χ3v) is 5.62. The highest BCUT2D eigenvalue weighted by molar-refractivity contribution is 6.11. The first kappa shape index (κ1) is 24.0. The maximum absolute atomic E-state index is 13.4. The summed E-state index contributed by atoms with van der Waals surface area (Å²) in [5.41, 5.74) is 3.66. The number of ether oxygens (including phenoxy) is 4. The zero-order chi connectivity index (χ0) is 24.8. The van der Waals surface area contributed by atoms with E-state index in [-0.39, 0.29) is 5.91 Å². The van der Waals surface area contributed by atoms with Gasteiger partial charge in [-0.1, -0.05) is 30.3 Å². The number of hydrogen-bond acceptors (Lipinski definition) is 7. The molecule has 0 fully saturated rings. The van der Waals surface area contributed by atoms with E-state index in [0.29, 0.717) is 64.7 Å². The molecule has 35 heavy (non-hydrogen) atoms. The number of carbonyl (C=O) groups excluding carboxylic acids is 1. The molecule has 0 spiro atoms. The molecule has 4 rings (SSSR count). The van der Waals surface area contributed by atoms with Gasteiger partial charge < -0.3 is 24.3 Å². The number of rotatable bonds is 10. The summed E-state index contributed by atoms with van der Waals surface area (Å²) >= 11 is 0. The smallest absolute Gasteiger partial charge is 0.252 e. The van der Waals surface area contributed by atoms with Gasteiger partial charge in [0.05, 0.1) is 43.7 Å². The second-order valence-electron chi connectivity index (χ2n) is 7.70. The van der Waals surface area contributed by atoms with Gasteiger partial charge in [0.2, 0.25) is 5.75 Å². The van der Waals surface area contributed by atoms with Crippen LogP contribution >= 0.6 is 0 Å². The second kappa shape index (κ2) is 10.9. The average molecular weight is 477 g/mol. The van der Waals surface area contributed by atoms with Gasteiger partial charge in [0.25, 0.3) is 5.91 Å². The molecule has 2 N–H and O–H groups in total. The Labute approximate surface area is 203 Å². The number of hydrogen-bond donors (Lipinski definition) is 2. The standard InChI is InChI=1S/C26H28N4O5/c1-32-14-8-13-27-26(31)18-15-19(17-11-12-20(33-2)24(35-4)23(17)34-3)28-25-21(18)22(29-30-25)16-9-6-5-7-10-16/h5-7,9-12,15H,8,13-14H2,1-4H3,(H,27,31)(H,28,29,30). The van der Waals surface area contributed by atoms with Crippen LogP contribution in [0, 0.1) is 0 Å². The molecule has 182 valence electrons. The highest BCUT2D eigenvalue weighted by Gasteiger charge is 2.23. The lowest BCUT2D eigenvalue weighted by Gasteiger charge is -2.16. The van der Waals surface area contributed by atoms with E-state index in [4.69, 9.17) is 23.9 Å². The van der Waals surface area contributed by atoms with E-state index in [0.717, 1.165) is 11.3 Å². The monoisotopic (exact) mass is 476 g/mol. The van der Waals surface area contributed by atoms with Crippen molar-refractivity contribution in [3.63, 3.8) is 0 Å². The molecule has 0 atom stereocenters. The first-order valence-electron chi connectivity index (χ1n) is 11.1. The quantitative estimate of drug-likeness (QED) is 0.332. The van der Waals surface area contributed by atoms with Gasteiger partial charge in [0.15, 0.2) is 17.1 Å². The van der Waals surface area contributed by atoms with Gasteiger partial charge in [0, 0.05) is 31.4 Å². The predicted octanol–water partition coefficient (Wildman–Crippen LogP) is 4.08. The number of H-pyrrole nitrogens is 1. The highest BCUT2D eigenvalue weighted by Crippen LogP contribution is 2.44. The molecule has 2 heterocycles. The van der Waals surface area contributed by atoms with Gasteiger partial charge in [-0.25, -0.2) is 4.98 Å². The maximum atomic E-state index is 13.4. The molecule has 0 radical (unpaired) electrons. The van der Waals surface area contributed by atoms with Crippen molar-refractivity contribution in [2.45, 2.75) is 6.42 Å². The Hall–Kier alpha value is -4.11. The van der Waals surface area contributed by atoms with Crippen molar-refractivity contribution < 1.29 is 23.7 Å². The number of aromatic nitrogens is 3. The van der Waals surface area contributed by atoms with Crippen molar-refractivity contribution in [1.82, 2.24) is 20.5 Å². The van der Waals surface area contributed by atoms with Crippen LogP contribution in [-0.2, 0) is 4.74 Å². The number of methoxy groups -OCH3 is 4. The molecule has 0 bridgehead atoms. The minimum absolute atomic E-state index is 0.229. The van der Waals surface area contributed by atoms with E-state index in [2.05, 4.69) is 15.5 Å². The Morgan fingerprint density at radius 1 is 0.971 bits per heavy atom. The van der Waals surface area contributed by atoms with Crippen LogP contribution in [0.15, 0.2) is 48.5 Å². The van der Waals surface area contributed by atoms with Crippen molar-refractivity contribution in [2.24, 2.45) is 0 Å². The second-order valence-corrected chi connectivity index (χ2v) is 7.70. The SMILES string of the molecule is COCCCNC(=O)c1cc(-c2ccc(OC)c(OC)c2OC)nc2n[nH]c(-c3ccccc3)c12. The lowest BCUT2D eigenvalue weighted by Crippen LogP contribution is -2.25. The largest absolute Gasteiger partial charge is 0.493 e. The number of carbonyl (C=O) groups is 1. The third kappa shape index (κ3) is 4.76. The zero-order valence-electron chi connectivity index (χ0n) is 20.2. The van der Waals surface area contributed by atoms with Crippen LogP contribution in [0.5, 0.6) is 17.2 Å². The highest BCUT2D eigenvalue weighted by atomic mass is 16.5. The summed E-state index contributed by atoms with van der Waals surface area (Å²) in [6.07, 6.45) is 0.698. The van der Waals surface area contributed by atoms with Crippen molar-refractivity contribution >= 4 is 16.9 Å². The van der Waals surface area contributed by atoms with E-state index in [1.807, 2.05) is 36.4 Å². The van der Waals surface area contributed by atoms with E-state index in [1.165, 1.54) is 0 Å². The van der Waals surface area contributed by atoms with Crippen molar-refractivity contribution in [2.75, 3.05) is 41.6 Å². The Balaban J connectivity index is 1.89. The zero-order valence-corrected chi connectivity index (χ0v) is 20.2. The Morgan fingerprint density at radius 3 is 2.43 bits per heavy atom. The minimum atomic E-state index is -0.229. The van der Waals surface area contributed by atoms with Crippen LogP contribution < -0.4 is 19.5 Å². The lowest BCUT2D eigenvalue weighted by atomic mass is 10.0. The minimum Gasteiger partial charge on any atom is -0.493 e. The lowest BCUT2D eigenvalue weighted by molar-refractivity contribution is 0.0950. The van der Waals surface area contributed by atoms with Crippen molar-refractivity contribution in [3.05, 3.63) is 54.1 Å². The number of benzene rings is 2. The van der Waals surface area contributed by atoms with Crippen LogP contribution in [-0.4, -0.2) is 62.7 Å². The number of nitrogens with one attached hydrogen (secondary N) is 2. The Bertz CT molecular complexity index is 1320. The average Bonchev–Trinajstić information content (AvgIpc) is 3.34. The molecule has 9 nitrogen and oxygen atoms in total. The molecule has 0 unspecified atom stereocenters. The molecule has 0 aliphatic heterocycles. The molecular formula is C26H28N4O5. The van der Waals surface area contributed by atoms with E-state index in [9.17, 15) is 4.79 Å². The number of fused-ring (bicyclic) bond motifs is 1. The van der Waals surface area contributed by atoms with Gasteiger partial charge >= 0.3 is 0 Å². The van der Waals surface area contributed by atoms with Crippen LogP contribution in [0.2, 0.25) is 0 Å². The summed E-state index contributed by atoms with van der Waals surface area (Å²) in [4.78, 5) is 18.1. The van der Waals surface area contributed by atoms with Gasteiger partial charge in [-0.2, -0.15) is 5.10 Å². The van der Waals surface area contributed by atoms with E-state index >= 15 is 0 Å². The Morgan fingerprint density at radius 2 is 1.74 bits per heavy atom.